The first-order valence-corrected chi connectivity index (χ1v) is 4.71. The van der Waals surface area contributed by atoms with Crippen LogP contribution in [-0.2, 0) is 4.74 Å². The Labute approximate surface area is 74.9 Å². The molecule has 3 heteroatoms. The SMILES string of the molecule is COCCN1CCC(C)C(N)C1. The predicted molar refractivity (Wildman–Crippen MR) is 50.1 cm³/mol. The minimum atomic E-state index is 0.357. The first kappa shape index (κ1) is 9.96. The average molecular weight is 172 g/mol. The molecule has 2 N–H and O–H groups in total. The zero-order chi connectivity index (χ0) is 8.97. The minimum absolute atomic E-state index is 0.357. The molecular weight excluding hydrogens is 152 g/mol. The maximum atomic E-state index is 5.96. The van der Waals surface area contributed by atoms with E-state index < -0.39 is 0 Å². The molecular formula is C9H20N2O. The van der Waals surface area contributed by atoms with Crippen molar-refractivity contribution in [2.75, 3.05) is 33.4 Å². The summed E-state index contributed by atoms with van der Waals surface area (Å²) >= 11 is 0. The van der Waals surface area contributed by atoms with Gasteiger partial charge in [0.15, 0.2) is 0 Å². The fourth-order valence-corrected chi connectivity index (χ4v) is 1.59. The molecule has 3 nitrogen and oxygen atoms in total. The molecule has 0 radical (unpaired) electrons. The fraction of sp³-hybridized carbons (Fsp3) is 1.00. The molecule has 0 saturated carbocycles. The third kappa shape index (κ3) is 2.73. The molecule has 1 aliphatic heterocycles. The van der Waals surface area contributed by atoms with E-state index in [1.807, 2.05) is 0 Å². The monoisotopic (exact) mass is 172 g/mol. The van der Waals surface area contributed by atoms with Crippen LogP contribution in [0.5, 0.6) is 0 Å². The number of rotatable bonds is 3. The first-order chi connectivity index (χ1) is 5.74. The molecule has 0 aromatic carbocycles. The van der Waals surface area contributed by atoms with Crippen molar-refractivity contribution < 1.29 is 4.74 Å². The lowest BCUT2D eigenvalue weighted by Crippen LogP contribution is -2.48. The second-order valence-electron chi connectivity index (χ2n) is 3.72. The van der Waals surface area contributed by atoms with Crippen molar-refractivity contribution >= 4 is 0 Å². The van der Waals surface area contributed by atoms with Gasteiger partial charge in [0.2, 0.25) is 0 Å². The van der Waals surface area contributed by atoms with Crippen molar-refractivity contribution in [3.63, 3.8) is 0 Å². The molecule has 12 heavy (non-hydrogen) atoms. The highest BCUT2D eigenvalue weighted by Crippen LogP contribution is 2.14. The Morgan fingerprint density at radius 1 is 1.58 bits per heavy atom. The van der Waals surface area contributed by atoms with Crippen LogP contribution < -0.4 is 5.73 Å². The normalized spacial score (nSPS) is 32.2. The summed E-state index contributed by atoms with van der Waals surface area (Å²) in [5, 5.41) is 0. The maximum absolute atomic E-state index is 5.96. The molecule has 0 amide bonds. The van der Waals surface area contributed by atoms with Crippen molar-refractivity contribution in [1.29, 1.82) is 0 Å². The molecule has 72 valence electrons. The van der Waals surface area contributed by atoms with E-state index in [9.17, 15) is 0 Å². The van der Waals surface area contributed by atoms with Gasteiger partial charge in [-0.05, 0) is 18.9 Å². The van der Waals surface area contributed by atoms with Crippen LogP contribution in [0.2, 0.25) is 0 Å². The molecule has 0 aliphatic carbocycles. The van der Waals surface area contributed by atoms with Gasteiger partial charge in [-0.15, -0.1) is 0 Å². The summed E-state index contributed by atoms with van der Waals surface area (Å²) in [6.07, 6.45) is 1.23. The van der Waals surface area contributed by atoms with E-state index in [1.165, 1.54) is 13.0 Å². The Bertz CT molecular complexity index is 128. The zero-order valence-electron chi connectivity index (χ0n) is 8.12. The van der Waals surface area contributed by atoms with Crippen LogP contribution >= 0.6 is 0 Å². The summed E-state index contributed by atoms with van der Waals surface area (Å²) in [6, 6.07) is 0.357. The van der Waals surface area contributed by atoms with Gasteiger partial charge in [-0.2, -0.15) is 0 Å². The van der Waals surface area contributed by atoms with Gasteiger partial charge in [0.05, 0.1) is 6.61 Å². The van der Waals surface area contributed by atoms with Gasteiger partial charge in [-0.1, -0.05) is 6.92 Å². The van der Waals surface area contributed by atoms with Crippen molar-refractivity contribution in [2.24, 2.45) is 11.7 Å². The van der Waals surface area contributed by atoms with Crippen LogP contribution in [0.4, 0.5) is 0 Å². The zero-order valence-corrected chi connectivity index (χ0v) is 8.12. The highest BCUT2D eigenvalue weighted by molar-refractivity contribution is 4.80. The van der Waals surface area contributed by atoms with Crippen molar-refractivity contribution in [2.45, 2.75) is 19.4 Å². The quantitative estimate of drug-likeness (QED) is 0.665. The third-order valence-corrected chi connectivity index (χ3v) is 2.71. The second-order valence-corrected chi connectivity index (χ2v) is 3.72. The fourth-order valence-electron chi connectivity index (χ4n) is 1.59. The van der Waals surface area contributed by atoms with E-state index in [0.29, 0.717) is 12.0 Å². The van der Waals surface area contributed by atoms with Gasteiger partial charge < -0.3 is 10.5 Å². The molecule has 1 heterocycles. The molecule has 0 aromatic heterocycles. The lowest BCUT2D eigenvalue weighted by Gasteiger charge is -2.34. The van der Waals surface area contributed by atoms with Gasteiger partial charge in [0, 0.05) is 26.2 Å². The predicted octanol–water partition coefficient (Wildman–Crippen LogP) is 0.302. The summed E-state index contributed by atoms with van der Waals surface area (Å²) in [7, 11) is 1.74. The topological polar surface area (TPSA) is 38.5 Å². The summed E-state index contributed by atoms with van der Waals surface area (Å²) < 4.78 is 5.02. The number of piperidine rings is 1. The minimum Gasteiger partial charge on any atom is -0.383 e. The van der Waals surface area contributed by atoms with Gasteiger partial charge in [0.25, 0.3) is 0 Å². The highest BCUT2D eigenvalue weighted by atomic mass is 16.5. The maximum Gasteiger partial charge on any atom is 0.0589 e. The Balaban J connectivity index is 2.21. The smallest absolute Gasteiger partial charge is 0.0589 e. The average Bonchev–Trinajstić information content (AvgIpc) is 2.07. The van der Waals surface area contributed by atoms with Crippen LogP contribution in [0, 0.1) is 5.92 Å². The molecule has 0 spiro atoms. The number of likely N-dealkylation sites (tertiary alicyclic amines) is 1. The van der Waals surface area contributed by atoms with Crippen molar-refractivity contribution in [1.82, 2.24) is 4.90 Å². The highest BCUT2D eigenvalue weighted by Gasteiger charge is 2.22. The van der Waals surface area contributed by atoms with Crippen molar-refractivity contribution in [3.05, 3.63) is 0 Å². The number of hydrogen-bond donors (Lipinski definition) is 1. The van der Waals surface area contributed by atoms with E-state index in [1.54, 1.807) is 7.11 Å². The van der Waals surface area contributed by atoms with Crippen LogP contribution in [0.25, 0.3) is 0 Å². The van der Waals surface area contributed by atoms with E-state index in [-0.39, 0.29) is 0 Å². The van der Waals surface area contributed by atoms with Gasteiger partial charge in [-0.3, -0.25) is 4.90 Å². The first-order valence-electron chi connectivity index (χ1n) is 4.71. The summed E-state index contributed by atoms with van der Waals surface area (Å²) in [6.45, 7) is 6.29. The molecule has 1 aliphatic rings. The van der Waals surface area contributed by atoms with E-state index in [0.717, 1.165) is 19.7 Å². The molecule has 0 aromatic rings. The lowest BCUT2D eigenvalue weighted by atomic mass is 9.94. The lowest BCUT2D eigenvalue weighted by molar-refractivity contribution is 0.113. The second kappa shape index (κ2) is 4.80. The largest absolute Gasteiger partial charge is 0.383 e. The Hall–Kier alpha value is -0.120. The van der Waals surface area contributed by atoms with Crippen LogP contribution in [0.15, 0.2) is 0 Å². The number of methoxy groups -OCH3 is 1. The molecule has 1 saturated heterocycles. The summed E-state index contributed by atoms with van der Waals surface area (Å²) in [4.78, 5) is 2.38. The number of nitrogens with two attached hydrogens (primary N) is 1. The van der Waals surface area contributed by atoms with Gasteiger partial charge >= 0.3 is 0 Å². The van der Waals surface area contributed by atoms with Gasteiger partial charge in [-0.25, -0.2) is 0 Å². The van der Waals surface area contributed by atoms with Gasteiger partial charge in [0.1, 0.15) is 0 Å². The Kier molecular flexibility index (Phi) is 3.98. The Morgan fingerprint density at radius 2 is 2.33 bits per heavy atom. The number of ether oxygens (including phenoxy) is 1. The summed E-state index contributed by atoms with van der Waals surface area (Å²) in [5.74, 6) is 0.684. The Morgan fingerprint density at radius 3 is 2.92 bits per heavy atom. The van der Waals surface area contributed by atoms with Crippen LogP contribution in [0.3, 0.4) is 0 Å². The number of nitrogens with zero attached hydrogens (tertiary/aromatic N) is 1. The third-order valence-electron chi connectivity index (χ3n) is 2.71. The molecule has 1 fully saturated rings. The molecule has 0 bridgehead atoms. The van der Waals surface area contributed by atoms with E-state index >= 15 is 0 Å². The van der Waals surface area contributed by atoms with Crippen molar-refractivity contribution in [3.8, 4) is 0 Å². The number of hydrogen-bond acceptors (Lipinski definition) is 3. The molecule has 1 rings (SSSR count). The standard InChI is InChI=1S/C9H20N2O/c1-8-3-4-11(5-6-12-2)7-9(8)10/h8-9H,3-7,10H2,1-2H3. The molecule has 2 atom stereocenters. The molecule has 2 unspecified atom stereocenters. The summed E-state index contributed by atoms with van der Waals surface area (Å²) in [5.41, 5.74) is 5.96. The van der Waals surface area contributed by atoms with Crippen LogP contribution in [0.1, 0.15) is 13.3 Å². The van der Waals surface area contributed by atoms with E-state index in [4.69, 9.17) is 10.5 Å². The van der Waals surface area contributed by atoms with Crippen LogP contribution in [-0.4, -0.2) is 44.3 Å². The van der Waals surface area contributed by atoms with E-state index in [2.05, 4.69) is 11.8 Å².